The molecule has 0 saturated carbocycles. The molecule has 0 amide bonds. The van der Waals surface area contributed by atoms with E-state index in [0.717, 1.165) is 38.6 Å². The lowest BCUT2D eigenvalue weighted by Gasteiger charge is -2.32. The van der Waals surface area contributed by atoms with Gasteiger partial charge in [0.25, 0.3) is 0 Å². The van der Waals surface area contributed by atoms with Crippen LogP contribution in [0.15, 0.2) is 237 Å². The summed E-state index contributed by atoms with van der Waals surface area (Å²) in [6.07, 6.45) is 0. The summed E-state index contributed by atoms with van der Waals surface area (Å²) in [5.41, 5.74) is 19.9. The molecule has 0 saturated heterocycles. The van der Waals surface area contributed by atoms with E-state index in [4.69, 9.17) is 15.0 Å². The molecule has 2 aliphatic rings. The van der Waals surface area contributed by atoms with Gasteiger partial charge in [0.2, 0.25) is 0 Å². The molecule has 0 bridgehead atoms. The van der Waals surface area contributed by atoms with Crippen LogP contribution in [0.1, 0.15) is 22.3 Å². The highest BCUT2D eigenvalue weighted by molar-refractivity contribution is 6.07. The molecule has 1 spiro atoms. The maximum Gasteiger partial charge on any atom is 0.164 e. The number of rotatable bonds is 6. The Morgan fingerprint density at radius 2 is 0.554 bits per heavy atom. The fraction of sp³-hybridized carbons (Fsp3) is 0.0161. The molecule has 0 N–H and O–H groups in total. The second kappa shape index (κ2) is 14.8. The molecule has 10 aromatic carbocycles. The first-order valence-electron chi connectivity index (χ1n) is 22.3. The molecule has 0 radical (unpaired) electrons. The van der Waals surface area contributed by atoms with Crippen LogP contribution in [0.25, 0.3) is 101 Å². The van der Waals surface area contributed by atoms with Crippen molar-refractivity contribution in [2.45, 2.75) is 5.41 Å². The SMILES string of the molecule is c1ccc(-c2ccc(-c3nc(-c4ccc(-c5ccccc5)cc4)nc(-c4ccc(-c5cccc6c5C5(c7ccccc7-c7ccccc75)c5ccccc5-6)c5ccccc45)n3)cc2)cc1. The minimum absolute atomic E-state index is 0.473. The van der Waals surface area contributed by atoms with E-state index in [1.807, 2.05) is 12.1 Å². The van der Waals surface area contributed by atoms with Crippen LogP contribution in [0, 0.1) is 0 Å². The van der Waals surface area contributed by atoms with E-state index in [1.54, 1.807) is 0 Å². The van der Waals surface area contributed by atoms with Crippen molar-refractivity contribution in [1.29, 1.82) is 0 Å². The van der Waals surface area contributed by atoms with E-state index in [-0.39, 0.29) is 0 Å². The number of hydrogen-bond donors (Lipinski definition) is 0. The first kappa shape index (κ1) is 37.1. The minimum atomic E-state index is -0.473. The fourth-order valence-corrected chi connectivity index (χ4v) is 10.7. The van der Waals surface area contributed by atoms with Gasteiger partial charge in [-0.25, -0.2) is 15.0 Å². The van der Waals surface area contributed by atoms with Gasteiger partial charge in [-0.1, -0.05) is 231 Å². The molecule has 3 heteroatoms. The number of fused-ring (bicyclic) bond motifs is 11. The van der Waals surface area contributed by atoms with Gasteiger partial charge in [0.1, 0.15) is 0 Å². The van der Waals surface area contributed by atoms with Crippen LogP contribution in [0.3, 0.4) is 0 Å². The Hall–Kier alpha value is -8.53. The molecule has 3 nitrogen and oxygen atoms in total. The monoisotopic (exact) mass is 825 g/mol. The zero-order chi connectivity index (χ0) is 42.9. The topological polar surface area (TPSA) is 38.7 Å². The van der Waals surface area contributed by atoms with Crippen molar-refractivity contribution < 1.29 is 0 Å². The third-order valence-electron chi connectivity index (χ3n) is 13.6. The molecule has 0 atom stereocenters. The summed E-state index contributed by atoms with van der Waals surface area (Å²) in [5.74, 6) is 1.89. The predicted octanol–water partition coefficient (Wildman–Crippen LogP) is 15.4. The largest absolute Gasteiger partial charge is 0.208 e. The van der Waals surface area contributed by atoms with Crippen LogP contribution in [0.5, 0.6) is 0 Å². The quantitative estimate of drug-likeness (QED) is 0.168. The van der Waals surface area contributed by atoms with Crippen molar-refractivity contribution in [3.05, 3.63) is 259 Å². The number of nitrogens with zero attached hydrogens (tertiary/aromatic N) is 3. The molecule has 11 aromatic rings. The second-order valence-electron chi connectivity index (χ2n) is 17.0. The lowest BCUT2D eigenvalue weighted by Crippen LogP contribution is -2.26. The van der Waals surface area contributed by atoms with Gasteiger partial charge >= 0.3 is 0 Å². The summed E-state index contributed by atoms with van der Waals surface area (Å²) in [4.78, 5) is 15.7. The van der Waals surface area contributed by atoms with Crippen LogP contribution in [0.4, 0.5) is 0 Å². The summed E-state index contributed by atoms with van der Waals surface area (Å²) in [7, 11) is 0. The highest BCUT2D eigenvalue weighted by Crippen LogP contribution is 2.64. The number of aromatic nitrogens is 3. The molecular weight excluding hydrogens is 787 g/mol. The lowest BCUT2D eigenvalue weighted by atomic mass is 9.68. The van der Waals surface area contributed by atoms with Crippen LogP contribution >= 0.6 is 0 Å². The third-order valence-corrected chi connectivity index (χ3v) is 13.6. The highest BCUT2D eigenvalue weighted by atomic mass is 15.0. The summed E-state index contributed by atoms with van der Waals surface area (Å²) in [6.45, 7) is 0. The average molecular weight is 826 g/mol. The maximum absolute atomic E-state index is 5.29. The van der Waals surface area contributed by atoms with Crippen molar-refractivity contribution >= 4 is 10.8 Å². The van der Waals surface area contributed by atoms with Crippen molar-refractivity contribution in [2.24, 2.45) is 0 Å². The van der Waals surface area contributed by atoms with Gasteiger partial charge in [0, 0.05) is 16.7 Å². The Kier molecular flexibility index (Phi) is 8.44. The second-order valence-corrected chi connectivity index (χ2v) is 17.0. The predicted molar refractivity (Wildman–Crippen MR) is 266 cm³/mol. The van der Waals surface area contributed by atoms with Crippen LogP contribution in [-0.2, 0) is 5.41 Å². The summed E-state index contributed by atoms with van der Waals surface area (Å²) in [5, 5.41) is 2.23. The van der Waals surface area contributed by atoms with E-state index in [9.17, 15) is 0 Å². The molecule has 2 aliphatic carbocycles. The average Bonchev–Trinajstić information content (AvgIpc) is 3.86. The highest BCUT2D eigenvalue weighted by Gasteiger charge is 2.52. The molecule has 0 aliphatic heterocycles. The Labute approximate surface area is 378 Å². The Morgan fingerprint density at radius 1 is 0.215 bits per heavy atom. The standard InChI is InChI=1S/C62H39N3/c1-3-16-40(17-4-1)42-30-34-44(35-31-42)59-63-60(45-36-32-43(33-37-45)41-18-5-2-6-19-41)65-61(64-59)54-39-38-48(46-20-7-8-21-47(46)54)52-25-15-26-53-51-24-11-14-29-57(51)62(58(52)53)55-27-12-9-22-49(55)50-23-10-13-28-56(50)62/h1-39H. The molecule has 65 heavy (non-hydrogen) atoms. The smallest absolute Gasteiger partial charge is 0.164 e. The van der Waals surface area contributed by atoms with Gasteiger partial charge < -0.3 is 0 Å². The number of benzene rings is 10. The molecule has 0 fully saturated rings. The normalized spacial score (nSPS) is 12.7. The van der Waals surface area contributed by atoms with Gasteiger partial charge in [0.05, 0.1) is 5.41 Å². The van der Waals surface area contributed by atoms with Gasteiger partial charge in [-0.15, -0.1) is 0 Å². The van der Waals surface area contributed by atoms with Crippen molar-refractivity contribution in [1.82, 2.24) is 15.0 Å². The van der Waals surface area contributed by atoms with Crippen molar-refractivity contribution in [3.63, 3.8) is 0 Å². The fourth-order valence-electron chi connectivity index (χ4n) is 10.7. The van der Waals surface area contributed by atoms with Gasteiger partial charge in [-0.05, 0) is 94.7 Å². The van der Waals surface area contributed by atoms with Crippen LogP contribution in [-0.4, -0.2) is 15.0 Å². The number of hydrogen-bond acceptors (Lipinski definition) is 3. The van der Waals surface area contributed by atoms with E-state index >= 15 is 0 Å². The first-order chi connectivity index (χ1) is 32.2. The molecule has 13 rings (SSSR count). The minimum Gasteiger partial charge on any atom is -0.208 e. The zero-order valence-corrected chi connectivity index (χ0v) is 35.4. The summed E-state index contributed by atoms with van der Waals surface area (Å²) >= 11 is 0. The van der Waals surface area contributed by atoms with Gasteiger partial charge in [0.15, 0.2) is 17.5 Å². The molecular formula is C62H39N3. The molecule has 1 aromatic heterocycles. The van der Waals surface area contributed by atoms with E-state index in [0.29, 0.717) is 17.5 Å². The van der Waals surface area contributed by atoms with E-state index in [1.165, 1.54) is 66.8 Å². The summed E-state index contributed by atoms with van der Waals surface area (Å²) < 4.78 is 0. The van der Waals surface area contributed by atoms with Crippen LogP contribution in [0.2, 0.25) is 0 Å². The summed E-state index contributed by atoms with van der Waals surface area (Å²) in [6, 6.07) is 85.2. The Morgan fingerprint density at radius 3 is 1.06 bits per heavy atom. The molecule has 302 valence electrons. The van der Waals surface area contributed by atoms with Gasteiger partial charge in [-0.3, -0.25) is 0 Å². The van der Waals surface area contributed by atoms with Crippen molar-refractivity contribution in [2.75, 3.05) is 0 Å². The zero-order valence-electron chi connectivity index (χ0n) is 35.4. The Bertz CT molecular complexity index is 3470. The molecule has 1 heterocycles. The third kappa shape index (κ3) is 5.72. The van der Waals surface area contributed by atoms with Crippen molar-refractivity contribution in [3.8, 4) is 89.8 Å². The first-order valence-corrected chi connectivity index (χ1v) is 22.3. The Balaban J connectivity index is 1.00. The van der Waals surface area contributed by atoms with E-state index in [2.05, 4.69) is 224 Å². The van der Waals surface area contributed by atoms with Gasteiger partial charge in [-0.2, -0.15) is 0 Å². The van der Waals surface area contributed by atoms with Crippen LogP contribution < -0.4 is 0 Å². The van der Waals surface area contributed by atoms with E-state index < -0.39 is 5.41 Å². The lowest BCUT2D eigenvalue weighted by molar-refractivity contribution is 0.796. The molecule has 0 unspecified atom stereocenters. The maximum atomic E-state index is 5.29.